The smallest absolute Gasteiger partial charge is 0.147 e. The number of rotatable bonds is 8. The van der Waals surface area contributed by atoms with Crippen LogP contribution in [-0.2, 0) is 0 Å². The molecule has 1 aromatic heterocycles. The number of nitrogen functional groups attached to an aromatic ring is 1. The van der Waals surface area contributed by atoms with Crippen LogP contribution in [0.25, 0.3) is 11.1 Å². The predicted molar refractivity (Wildman–Crippen MR) is 92.7 cm³/mol. The first-order chi connectivity index (χ1) is 9.83. The highest BCUT2D eigenvalue weighted by Crippen LogP contribution is 2.36. The summed E-state index contributed by atoms with van der Waals surface area (Å²) in [6, 6.07) is 10.2. The fraction of sp³-hybridized carbons (Fsp3) is 0.400. The van der Waals surface area contributed by atoms with Gasteiger partial charge in [0.1, 0.15) is 10.8 Å². The van der Waals surface area contributed by atoms with Gasteiger partial charge in [-0.1, -0.05) is 36.8 Å². The van der Waals surface area contributed by atoms with Gasteiger partial charge in [-0.2, -0.15) is 16.1 Å². The first-order valence-electron chi connectivity index (χ1n) is 6.86. The van der Waals surface area contributed by atoms with Gasteiger partial charge in [0, 0.05) is 6.54 Å². The van der Waals surface area contributed by atoms with Crippen molar-refractivity contribution >= 4 is 34.1 Å². The third kappa shape index (κ3) is 4.15. The van der Waals surface area contributed by atoms with Crippen LogP contribution in [0.5, 0.6) is 0 Å². The lowest BCUT2D eigenvalue weighted by molar-refractivity contribution is 0.750. The summed E-state index contributed by atoms with van der Waals surface area (Å²) in [5.74, 6) is 1.87. The van der Waals surface area contributed by atoms with E-state index in [1.54, 1.807) is 0 Å². The Morgan fingerprint density at radius 3 is 2.75 bits per heavy atom. The summed E-state index contributed by atoms with van der Waals surface area (Å²) in [5.41, 5.74) is 8.17. The van der Waals surface area contributed by atoms with Crippen LogP contribution in [0.15, 0.2) is 30.3 Å². The first-order valence-corrected chi connectivity index (χ1v) is 9.03. The van der Waals surface area contributed by atoms with E-state index >= 15 is 0 Å². The molecule has 108 valence electrons. The third-order valence-corrected chi connectivity index (χ3v) is 4.61. The van der Waals surface area contributed by atoms with Gasteiger partial charge >= 0.3 is 0 Å². The summed E-state index contributed by atoms with van der Waals surface area (Å²) in [6.45, 7) is 0.982. The second-order valence-corrected chi connectivity index (χ2v) is 6.38. The molecule has 0 aliphatic heterocycles. The van der Waals surface area contributed by atoms with Crippen molar-refractivity contribution in [3.63, 3.8) is 0 Å². The zero-order valence-electron chi connectivity index (χ0n) is 11.8. The monoisotopic (exact) mass is 307 g/mol. The molecule has 20 heavy (non-hydrogen) atoms. The highest BCUT2D eigenvalue weighted by Gasteiger charge is 2.12. The molecule has 2 aromatic rings. The van der Waals surface area contributed by atoms with Crippen molar-refractivity contribution < 1.29 is 0 Å². The van der Waals surface area contributed by atoms with Gasteiger partial charge in [0.2, 0.25) is 0 Å². The third-order valence-electron chi connectivity index (χ3n) is 3.09. The molecule has 3 N–H and O–H groups in total. The van der Waals surface area contributed by atoms with E-state index in [4.69, 9.17) is 5.73 Å². The van der Waals surface area contributed by atoms with Crippen LogP contribution < -0.4 is 11.1 Å². The lowest BCUT2D eigenvalue weighted by atomic mass is 10.1. The predicted octanol–water partition coefficient (Wildman–Crippen LogP) is 4.34. The van der Waals surface area contributed by atoms with Crippen LogP contribution in [0.1, 0.15) is 19.3 Å². The standard InChI is InChI=1S/C15H21N3S2/c1-19-11-7-3-6-10-17-15-13(14(16)18-20-15)12-8-4-2-5-9-12/h2,4-5,8-9,17H,3,6-7,10-11H2,1H3,(H2,16,18). The van der Waals surface area contributed by atoms with Crippen LogP contribution in [0.4, 0.5) is 10.8 Å². The van der Waals surface area contributed by atoms with E-state index < -0.39 is 0 Å². The van der Waals surface area contributed by atoms with E-state index in [-0.39, 0.29) is 0 Å². The van der Waals surface area contributed by atoms with Gasteiger partial charge in [-0.3, -0.25) is 0 Å². The Bertz CT molecular complexity index is 511. The van der Waals surface area contributed by atoms with Crippen molar-refractivity contribution in [2.75, 3.05) is 29.6 Å². The molecule has 1 heterocycles. The van der Waals surface area contributed by atoms with Crippen molar-refractivity contribution in [1.29, 1.82) is 0 Å². The number of nitrogens with zero attached hydrogens (tertiary/aromatic N) is 1. The van der Waals surface area contributed by atoms with Gasteiger partial charge in [-0.15, -0.1) is 0 Å². The molecule has 0 atom stereocenters. The van der Waals surface area contributed by atoms with E-state index in [2.05, 4.69) is 28.1 Å². The minimum absolute atomic E-state index is 0.617. The molecule has 2 rings (SSSR count). The van der Waals surface area contributed by atoms with Gasteiger partial charge in [0.25, 0.3) is 0 Å². The molecule has 0 spiro atoms. The fourth-order valence-corrected chi connectivity index (χ4v) is 3.31. The molecule has 0 fully saturated rings. The summed E-state index contributed by atoms with van der Waals surface area (Å²) < 4.78 is 4.27. The maximum Gasteiger partial charge on any atom is 0.147 e. The fourth-order valence-electron chi connectivity index (χ4n) is 2.06. The average molecular weight is 307 g/mol. The van der Waals surface area contributed by atoms with Crippen LogP contribution in [0.3, 0.4) is 0 Å². The molecule has 0 saturated heterocycles. The molecule has 0 bridgehead atoms. The summed E-state index contributed by atoms with van der Waals surface area (Å²) >= 11 is 3.36. The number of aromatic nitrogens is 1. The van der Waals surface area contributed by atoms with Crippen LogP contribution >= 0.6 is 23.3 Å². The summed E-state index contributed by atoms with van der Waals surface area (Å²) in [4.78, 5) is 0. The molecule has 5 heteroatoms. The topological polar surface area (TPSA) is 50.9 Å². The number of benzene rings is 1. The molecular weight excluding hydrogens is 286 g/mol. The largest absolute Gasteiger partial charge is 0.382 e. The number of nitrogens with one attached hydrogen (secondary N) is 1. The average Bonchev–Trinajstić information content (AvgIpc) is 2.84. The van der Waals surface area contributed by atoms with Gasteiger partial charge in [0.15, 0.2) is 0 Å². The number of anilines is 2. The van der Waals surface area contributed by atoms with Crippen molar-refractivity contribution in [2.45, 2.75) is 19.3 Å². The van der Waals surface area contributed by atoms with E-state index in [1.165, 1.54) is 36.5 Å². The number of unbranched alkanes of at least 4 members (excludes halogenated alkanes) is 2. The van der Waals surface area contributed by atoms with E-state index in [1.807, 2.05) is 30.0 Å². The van der Waals surface area contributed by atoms with Crippen LogP contribution in [-0.4, -0.2) is 22.9 Å². The molecule has 0 saturated carbocycles. The highest BCUT2D eigenvalue weighted by molar-refractivity contribution is 7.98. The van der Waals surface area contributed by atoms with Crippen molar-refractivity contribution in [3.05, 3.63) is 30.3 Å². The van der Waals surface area contributed by atoms with Crippen LogP contribution in [0, 0.1) is 0 Å². The zero-order valence-corrected chi connectivity index (χ0v) is 13.4. The molecule has 0 radical (unpaired) electrons. The van der Waals surface area contributed by atoms with Crippen LogP contribution in [0.2, 0.25) is 0 Å². The normalized spacial score (nSPS) is 10.7. The van der Waals surface area contributed by atoms with Crippen molar-refractivity contribution in [3.8, 4) is 11.1 Å². The number of nitrogens with two attached hydrogens (primary N) is 1. The number of thioether (sulfide) groups is 1. The van der Waals surface area contributed by atoms with E-state index in [0.29, 0.717) is 5.82 Å². The second-order valence-electron chi connectivity index (χ2n) is 4.62. The number of hydrogen-bond acceptors (Lipinski definition) is 5. The summed E-state index contributed by atoms with van der Waals surface area (Å²) in [5, 5.41) is 4.56. The highest BCUT2D eigenvalue weighted by atomic mass is 32.2. The van der Waals surface area contributed by atoms with Gasteiger partial charge in [0.05, 0.1) is 5.56 Å². The molecule has 0 aliphatic carbocycles. The lowest BCUT2D eigenvalue weighted by Gasteiger charge is -2.07. The van der Waals surface area contributed by atoms with E-state index in [9.17, 15) is 0 Å². The Morgan fingerprint density at radius 1 is 1.20 bits per heavy atom. The van der Waals surface area contributed by atoms with Crippen molar-refractivity contribution in [1.82, 2.24) is 4.37 Å². The second kappa shape index (κ2) is 8.17. The molecule has 0 unspecified atom stereocenters. The van der Waals surface area contributed by atoms with Gasteiger partial charge in [-0.25, -0.2) is 0 Å². The minimum atomic E-state index is 0.617. The summed E-state index contributed by atoms with van der Waals surface area (Å²) in [6.07, 6.45) is 5.90. The molecule has 1 aromatic carbocycles. The van der Waals surface area contributed by atoms with E-state index in [0.717, 1.165) is 22.7 Å². The van der Waals surface area contributed by atoms with Crippen molar-refractivity contribution in [2.24, 2.45) is 0 Å². The Hall–Kier alpha value is -1.20. The Labute approximate surface area is 129 Å². The Kier molecular flexibility index (Phi) is 6.21. The van der Waals surface area contributed by atoms with Gasteiger partial charge in [-0.05, 0) is 41.9 Å². The summed E-state index contributed by atoms with van der Waals surface area (Å²) in [7, 11) is 0. The quantitative estimate of drug-likeness (QED) is 0.712. The number of hydrogen-bond donors (Lipinski definition) is 2. The molecule has 3 nitrogen and oxygen atoms in total. The Morgan fingerprint density at radius 2 is 2.00 bits per heavy atom. The SMILES string of the molecule is CSCCCCCNc1snc(N)c1-c1ccccc1. The molecule has 0 amide bonds. The van der Waals surface area contributed by atoms with Gasteiger partial charge < -0.3 is 11.1 Å². The minimum Gasteiger partial charge on any atom is -0.382 e. The maximum atomic E-state index is 6.00. The zero-order chi connectivity index (χ0) is 14.2. The maximum absolute atomic E-state index is 6.00. The molecular formula is C15H21N3S2. The lowest BCUT2D eigenvalue weighted by Crippen LogP contribution is -2.01. The molecule has 0 aliphatic rings. The first kappa shape index (κ1) is 15.2. The Balaban J connectivity index is 1.93.